The average molecular weight is 205 g/mol. The number of benzene rings is 1. The fraction of sp³-hybridized carbons (Fsp3) is 0.538. The lowest BCUT2D eigenvalue weighted by Gasteiger charge is -2.40. The molecule has 0 spiro atoms. The van der Waals surface area contributed by atoms with Gasteiger partial charge in [-0.15, -0.1) is 0 Å². The maximum Gasteiger partial charge on any atom is 0.0961 e. The molecule has 0 bridgehead atoms. The van der Waals surface area contributed by atoms with Gasteiger partial charge in [0.25, 0.3) is 0 Å². The van der Waals surface area contributed by atoms with E-state index in [-0.39, 0.29) is 0 Å². The third-order valence-electron chi connectivity index (χ3n) is 3.35. The van der Waals surface area contributed by atoms with Crippen LogP contribution in [0.4, 0.5) is 5.69 Å². The third kappa shape index (κ3) is 2.51. The molecular formula is C13H21N2+. The van der Waals surface area contributed by atoms with E-state index in [0.29, 0.717) is 0 Å². The Bertz CT molecular complexity index is 317. The van der Waals surface area contributed by atoms with Gasteiger partial charge in [0.2, 0.25) is 0 Å². The molecule has 15 heavy (non-hydrogen) atoms. The predicted octanol–water partition coefficient (Wildman–Crippen LogP) is 1.89. The van der Waals surface area contributed by atoms with Crippen LogP contribution in [0.15, 0.2) is 24.3 Å². The number of quaternary nitrogens is 1. The predicted molar refractivity (Wildman–Crippen MR) is 65.2 cm³/mol. The van der Waals surface area contributed by atoms with Crippen LogP contribution < -0.4 is 4.90 Å². The van der Waals surface area contributed by atoms with Crippen LogP contribution in [-0.2, 0) is 0 Å². The van der Waals surface area contributed by atoms with E-state index in [1.54, 1.807) is 0 Å². The first kappa shape index (κ1) is 10.5. The van der Waals surface area contributed by atoms with E-state index in [4.69, 9.17) is 0 Å². The topological polar surface area (TPSA) is 3.24 Å². The first-order chi connectivity index (χ1) is 7.07. The zero-order chi connectivity index (χ0) is 10.9. The first-order valence-electron chi connectivity index (χ1n) is 5.70. The number of hydrogen-bond acceptors (Lipinski definition) is 1. The molecule has 1 fully saturated rings. The Balaban J connectivity index is 2.04. The lowest BCUT2D eigenvalue weighted by Crippen LogP contribution is -2.54. The maximum absolute atomic E-state index is 2.49. The molecular weight excluding hydrogens is 184 g/mol. The Hall–Kier alpha value is -1.02. The van der Waals surface area contributed by atoms with Gasteiger partial charge in [0.15, 0.2) is 0 Å². The summed E-state index contributed by atoms with van der Waals surface area (Å²) in [6, 6.07) is 8.87. The molecule has 0 amide bonds. The van der Waals surface area contributed by atoms with E-state index in [1.807, 2.05) is 0 Å². The molecule has 2 heteroatoms. The fourth-order valence-corrected chi connectivity index (χ4v) is 2.02. The van der Waals surface area contributed by atoms with Gasteiger partial charge in [-0.05, 0) is 19.1 Å². The van der Waals surface area contributed by atoms with Crippen molar-refractivity contribution in [2.75, 3.05) is 45.2 Å². The highest BCUT2D eigenvalue weighted by Gasteiger charge is 2.23. The Morgan fingerprint density at radius 2 is 1.53 bits per heavy atom. The van der Waals surface area contributed by atoms with Crippen LogP contribution in [0.5, 0.6) is 0 Å². The molecule has 0 unspecified atom stereocenters. The van der Waals surface area contributed by atoms with Gasteiger partial charge in [-0.1, -0.05) is 17.7 Å². The van der Waals surface area contributed by atoms with Gasteiger partial charge in [-0.2, -0.15) is 0 Å². The lowest BCUT2D eigenvalue weighted by molar-refractivity contribution is -0.890. The Kier molecular flexibility index (Phi) is 2.70. The van der Waals surface area contributed by atoms with Gasteiger partial charge in [0, 0.05) is 5.69 Å². The van der Waals surface area contributed by atoms with Crippen molar-refractivity contribution in [1.29, 1.82) is 0 Å². The molecule has 1 heterocycles. The largest absolute Gasteiger partial charge is 0.360 e. The van der Waals surface area contributed by atoms with Crippen molar-refractivity contribution in [3.05, 3.63) is 29.8 Å². The number of hydrogen-bond donors (Lipinski definition) is 0. The summed E-state index contributed by atoms with van der Waals surface area (Å²) >= 11 is 0. The smallest absolute Gasteiger partial charge is 0.0961 e. The van der Waals surface area contributed by atoms with Crippen LogP contribution in [0.3, 0.4) is 0 Å². The van der Waals surface area contributed by atoms with E-state index in [9.17, 15) is 0 Å². The van der Waals surface area contributed by atoms with Crippen LogP contribution in [0.2, 0.25) is 0 Å². The minimum Gasteiger partial charge on any atom is -0.360 e. The monoisotopic (exact) mass is 205 g/mol. The van der Waals surface area contributed by atoms with Crippen LogP contribution in [0.25, 0.3) is 0 Å². The molecule has 2 rings (SSSR count). The number of aryl methyl sites for hydroxylation is 1. The number of rotatable bonds is 1. The Labute approximate surface area is 92.7 Å². The summed E-state index contributed by atoms with van der Waals surface area (Å²) < 4.78 is 1.16. The van der Waals surface area contributed by atoms with Crippen molar-refractivity contribution in [2.45, 2.75) is 6.92 Å². The molecule has 1 aliphatic heterocycles. The van der Waals surface area contributed by atoms with Gasteiger partial charge in [0.05, 0.1) is 40.3 Å². The molecule has 1 aromatic carbocycles. The van der Waals surface area contributed by atoms with E-state index >= 15 is 0 Å². The lowest BCUT2D eigenvalue weighted by atomic mass is 10.2. The normalized spacial score (nSPS) is 20.3. The van der Waals surface area contributed by atoms with E-state index in [0.717, 1.165) is 4.48 Å². The van der Waals surface area contributed by atoms with Crippen LogP contribution in [0, 0.1) is 6.92 Å². The summed E-state index contributed by atoms with van der Waals surface area (Å²) in [7, 11) is 4.62. The van der Waals surface area contributed by atoms with Crippen molar-refractivity contribution in [1.82, 2.24) is 0 Å². The summed E-state index contributed by atoms with van der Waals surface area (Å²) in [6.07, 6.45) is 0. The number of piperazine rings is 1. The molecule has 0 saturated carbocycles. The van der Waals surface area contributed by atoms with E-state index in [1.165, 1.54) is 37.4 Å². The Morgan fingerprint density at radius 3 is 2.07 bits per heavy atom. The van der Waals surface area contributed by atoms with Gasteiger partial charge in [-0.25, -0.2) is 0 Å². The zero-order valence-electron chi connectivity index (χ0n) is 10.0. The van der Waals surface area contributed by atoms with Gasteiger partial charge in [-0.3, -0.25) is 0 Å². The SMILES string of the molecule is Cc1ccc(N2CC[N+](C)(C)CC2)cc1. The summed E-state index contributed by atoms with van der Waals surface area (Å²) in [6.45, 7) is 6.98. The number of anilines is 1. The highest BCUT2D eigenvalue weighted by atomic mass is 15.4. The molecule has 0 aliphatic carbocycles. The summed E-state index contributed by atoms with van der Waals surface area (Å²) in [5.74, 6) is 0. The second-order valence-electron chi connectivity index (χ2n) is 5.21. The number of nitrogens with zero attached hydrogens (tertiary/aromatic N) is 2. The van der Waals surface area contributed by atoms with Crippen LogP contribution in [0.1, 0.15) is 5.56 Å². The second kappa shape index (κ2) is 3.86. The van der Waals surface area contributed by atoms with Crippen molar-refractivity contribution < 1.29 is 4.48 Å². The fourth-order valence-electron chi connectivity index (χ4n) is 2.02. The second-order valence-corrected chi connectivity index (χ2v) is 5.21. The Morgan fingerprint density at radius 1 is 1.00 bits per heavy atom. The molecule has 1 aliphatic rings. The van der Waals surface area contributed by atoms with E-state index in [2.05, 4.69) is 50.2 Å². The third-order valence-corrected chi connectivity index (χ3v) is 3.35. The molecule has 0 N–H and O–H groups in total. The minimum atomic E-state index is 1.16. The summed E-state index contributed by atoms with van der Waals surface area (Å²) in [5.41, 5.74) is 2.71. The zero-order valence-corrected chi connectivity index (χ0v) is 10.0. The molecule has 2 nitrogen and oxygen atoms in total. The average Bonchev–Trinajstić information content (AvgIpc) is 2.20. The van der Waals surface area contributed by atoms with Gasteiger partial charge < -0.3 is 9.38 Å². The maximum atomic E-state index is 2.49. The molecule has 82 valence electrons. The van der Waals surface area contributed by atoms with Crippen molar-refractivity contribution in [3.8, 4) is 0 Å². The molecule has 0 aromatic heterocycles. The highest BCUT2D eigenvalue weighted by molar-refractivity contribution is 5.47. The van der Waals surface area contributed by atoms with Crippen LogP contribution in [-0.4, -0.2) is 44.8 Å². The molecule has 1 saturated heterocycles. The quantitative estimate of drug-likeness (QED) is 0.633. The molecule has 1 aromatic rings. The van der Waals surface area contributed by atoms with Gasteiger partial charge in [0.1, 0.15) is 0 Å². The molecule has 0 radical (unpaired) electrons. The van der Waals surface area contributed by atoms with Crippen LogP contribution >= 0.6 is 0 Å². The van der Waals surface area contributed by atoms with Crippen molar-refractivity contribution in [3.63, 3.8) is 0 Å². The van der Waals surface area contributed by atoms with E-state index < -0.39 is 0 Å². The molecule has 0 atom stereocenters. The summed E-state index contributed by atoms with van der Waals surface area (Å²) in [4.78, 5) is 2.49. The van der Waals surface area contributed by atoms with Crippen molar-refractivity contribution in [2.24, 2.45) is 0 Å². The van der Waals surface area contributed by atoms with Gasteiger partial charge >= 0.3 is 0 Å². The highest BCUT2D eigenvalue weighted by Crippen LogP contribution is 2.18. The van der Waals surface area contributed by atoms with Crippen molar-refractivity contribution >= 4 is 5.69 Å². The number of likely N-dealkylation sites (N-methyl/N-ethyl adjacent to an activating group) is 1. The minimum absolute atomic E-state index is 1.16. The first-order valence-corrected chi connectivity index (χ1v) is 5.70. The standard InChI is InChI=1S/C13H21N2/c1-12-4-6-13(7-5-12)14-8-10-15(2,3)11-9-14/h4-7H,8-11H2,1-3H3/q+1. The summed E-state index contributed by atoms with van der Waals surface area (Å²) in [5, 5.41) is 0.